The van der Waals surface area contributed by atoms with Crippen molar-refractivity contribution >= 4 is 21.8 Å². The third kappa shape index (κ3) is 2.83. The molecule has 2 rings (SSSR count). The van der Waals surface area contributed by atoms with E-state index in [1.807, 2.05) is 0 Å². The summed E-state index contributed by atoms with van der Waals surface area (Å²) in [6.07, 6.45) is 4.33. The second-order valence-electron chi connectivity index (χ2n) is 4.42. The first-order chi connectivity index (χ1) is 8.61. The zero-order valence-electron chi connectivity index (χ0n) is 10.1. The van der Waals surface area contributed by atoms with E-state index in [0.717, 1.165) is 25.7 Å². The van der Waals surface area contributed by atoms with Gasteiger partial charge >= 0.3 is 0 Å². The predicted molar refractivity (Wildman–Crippen MR) is 70.4 cm³/mol. The maximum atomic E-state index is 13.4. The zero-order valence-corrected chi connectivity index (χ0v) is 11.7. The van der Waals surface area contributed by atoms with E-state index in [1.54, 1.807) is 0 Å². The molecule has 0 aliphatic heterocycles. The van der Waals surface area contributed by atoms with E-state index in [2.05, 4.69) is 21.2 Å². The van der Waals surface area contributed by atoms with Crippen LogP contribution in [-0.2, 0) is 0 Å². The second kappa shape index (κ2) is 5.69. The number of rotatable bonds is 3. The molecule has 18 heavy (non-hydrogen) atoms. The van der Waals surface area contributed by atoms with Gasteiger partial charge in [-0.05, 0) is 40.9 Å². The Morgan fingerprint density at radius 1 is 1.44 bits per heavy atom. The molecule has 1 aromatic rings. The summed E-state index contributed by atoms with van der Waals surface area (Å²) in [6, 6.07) is 2.91. The molecule has 0 spiro atoms. The van der Waals surface area contributed by atoms with Crippen LogP contribution < -0.4 is 10.1 Å². The quantitative estimate of drug-likeness (QED) is 0.929. The highest BCUT2D eigenvalue weighted by Crippen LogP contribution is 2.27. The first-order valence-electron chi connectivity index (χ1n) is 5.95. The maximum absolute atomic E-state index is 13.4. The number of ether oxygens (including phenoxy) is 1. The number of hydrogen-bond donors (Lipinski definition) is 1. The fraction of sp³-hybridized carbons (Fsp3) is 0.462. The topological polar surface area (TPSA) is 38.3 Å². The Labute approximate surface area is 114 Å². The number of carbonyl (C=O) groups is 1. The Balaban J connectivity index is 2.18. The van der Waals surface area contributed by atoms with E-state index in [-0.39, 0.29) is 17.7 Å². The normalized spacial score (nSPS) is 15.7. The van der Waals surface area contributed by atoms with Gasteiger partial charge in [-0.25, -0.2) is 4.39 Å². The highest BCUT2D eigenvalue weighted by Gasteiger charge is 2.20. The molecule has 5 heteroatoms. The van der Waals surface area contributed by atoms with Gasteiger partial charge in [0.25, 0.3) is 5.91 Å². The van der Waals surface area contributed by atoms with Gasteiger partial charge in [0.15, 0.2) is 11.6 Å². The van der Waals surface area contributed by atoms with E-state index in [1.165, 1.54) is 19.2 Å². The monoisotopic (exact) mass is 315 g/mol. The largest absolute Gasteiger partial charge is 0.494 e. The number of amides is 1. The molecule has 0 atom stereocenters. The molecular weight excluding hydrogens is 301 g/mol. The van der Waals surface area contributed by atoms with Crippen molar-refractivity contribution in [2.24, 2.45) is 0 Å². The number of hydrogen-bond acceptors (Lipinski definition) is 2. The molecular formula is C13H15BrFNO2. The summed E-state index contributed by atoms with van der Waals surface area (Å²) in [5.41, 5.74) is 0.403. The van der Waals surface area contributed by atoms with Crippen molar-refractivity contribution in [1.82, 2.24) is 5.32 Å². The van der Waals surface area contributed by atoms with Crippen LogP contribution in [0.5, 0.6) is 5.75 Å². The Bertz CT molecular complexity index is 459. The molecule has 1 amide bonds. The smallest absolute Gasteiger partial charge is 0.252 e. The molecule has 0 saturated heterocycles. The zero-order chi connectivity index (χ0) is 13.1. The molecule has 0 bridgehead atoms. The maximum Gasteiger partial charge on any atom is 0.252 e. The average Bonchev–Trinajstić information content (AvgIpc) is 2.81. The lowest BCUT2D eigenvalue weighted by Crippen LogP contribution is -2.32. The molecule has 0 radical (unpaired) electrons. The van der Waals surface area contributed by atoms with Crippen LogP contribution >= 0.6 is 15.9 Å². The summed E-state index contributed by atoms with van der Waals surface area (Å²) in [6.45, 7) is 0. The minimum Gasteiger partial charge on any atom is -0.494 e. The minimum absolute atomic E-state index is 0.0785. The van der Waals surface area contributed by atoms with Gasteiger partial charge in [0.2, 0.25) is 0 Å². The van der Waals surface area contributed by atoms with Gasteiger partial charge in [0.1, 0.15) is 0 Å². The predicted octanol–water partition coefficient (Wildman–Crippen LogP) is 3.27. The lowest BCUT2D eigenvalue weighted by atomic mass is 10.1. The summed E-state index contributed by atoms with van der Waals surface area (Å²) >= 11 is 3.20. The fourth-order valence-electron chi connectivity index (χ4n) is 2.19. The van der Waals surface area contributed by atoms with Gasteiger partial charge in [0.05, 0.1) is 12.7 Å². The summed E-state index contributed by atoms with van der Waals surface area (Å²) in [5, 5.41) is 2.96. The summed E-state index contributed by atoms with van der Waals surface area (Å²) in [4.78, 5) is 12.1. The fourth-order valence-corrected chi connectivity index (χ4v) is 2.69. The molecule has 0 unspecified atom stereocenters. The van der Waals surface area contributed by atoms with Crippen LogP contribution in [0.2, 0.25) is 0 Å². The van der Waals surface area contributed by atoms with Gasteiger partial charge in [-0.15, -0.1) is 0 Å². The molecule has 1 saturated carbocycles. The first kappa shape index (κ1) is 13.3. The number of halogens is 2. The van der Waals surface area contributed by atoms with Gasteiger partial charge < -0.3 is 10.1 Å². The van der Waals surface area contributed by atoms with Gasteiger partial charge in [-0.3, -0.25) is 4.79 Å². The summed E-state index contributed by atoms with van der Waals surface area (Å²) < 4.78 is 18.7. The molecule has 1 fully saturated rings. The van der Waals surface area contributed by atoms with Crippen LogP contribution in [0.25, 0.3) is 0 Å². The van der Waals surface area contributed by atoms with Crippen LogP contribution in [0, 0.1) is 5.82 Å². The second-order valence-corrected chi connectivity index (χ2v) is 5.28. The number of benzene rings is 1. The molecule has 1 N–H and O–H groups in total. The third-order valence-electron chi connectivity index (χ3n) is 3.18. The van der Waals surface area contributed by atoms with Crippen molar-refractivity contribution in [1.29, 1.82) is 0 Å². The highest BCUT2D eigenvalue weighted by molar-refractivity contribution is 9.10. The van der Waals surface area contributed by atoms with Crippen LogP contribution in [0.15, 0.2) is 16.6 Å². The van der Waals surface area contributed by atoms with E-state index >= 15 is 0 Å². The van der Waals surface area contributed by atoms with E-state index < -0.39 is 5.82 Å². The lowest BCUT2D eigenvalue weighted by Gasteiger charge is -2.13. The highest BCUT2D eigenvalue weighted by atomic mass is 79.9. The van der Waals surface area contributed by atoms with Crippen molar-refractivity contribution in [3.63, 3.8) is 0 Å². The molecule has 0 aromatic heterocycles. The minimum atomic E-state index is -0.484. The van der Waals surface area contributed by atoms with Gasteiger partial charge in [0, 0.05) is 10.5 Å². The molecule has 1 aliphatic carbocycles. The van der Waals surface area contributed by atoms with Crippen molar-refractivity contribution in [3.8, 4) is 5.75 Å². The molecule has 1 aliphatic rings. The van der Waals surface area contributed by atoms with Crippen LogP contribution in [0.3, 0.4) is 0 Å². The SMILES string of the molecule is COc1cc(C(=O)NC2CCCC2)c(Br)cc1F. The van der Waals surface area contributed by atoms with E-state index in [0.29, 0.717) is 10.0 Å². The standard InChI is InChI=1S/C13H15BrFNO2/c1-18-12-6-9(10(14)7-11(12)15)13(17)16-8-4-2-3-5-8/h6-8H,2-5H2,1H3,(H,16,17). The first-order valence-corrected chi connectivity index (χ1v) is 6.75. The van der Waals surface area contributed by atoms with Crippen molar-refractivity contribution in [2.75, 3.05) is 7.11 Å². The Kier molecular flexibility index (Phi) is 4.22. The van der Waals surface area contributed by atoms with Crippen LogP contribution in [0.1, 0.15) is 36.0 Å². The Morgan fingerprint density at radius 2 is 2.11 bits per heavy atom. The molecule has 1 aromatic carbocycles. The third-order valence-corrected chi connectivity index (χ3v) is 3.83. The Morgan fingerprint density at radius 3 is 2.72 bits per heavy atom. The molecule has 98 valence electrons. The Hall–Kier alpha value is -1.10. The van der Waals surface area contributed by atoms with Gasteiger partial charge in [-0.2, -0.15) is 0 Å². The molecule has 0 heterocycles. The summed E-state index contributed by atoms with van der Waals surface area (Å²) in [5.74, 6) is -0.594. The van der Waals surface area contributed by atoms with Crippen molar-refractivity contribution < 1.29 is 13.9 Å². The number of carbonyl (C=O) groups excluding carboxylic acids is 1. The van der Waals surface area contributed by atoms with Crippen LogP contribution in [0.4, 0.5) is 4.39 Å². The van der Waals surface area contributed by atoms with Crippen molar-refractivity contribution in [2.45, 2.75) is 31.7 Å². The van der Waals surface area contributed by atoms with E-state index in [4.69, 9.17) is 4.74 Å². The van der Waals surface area contributed by atoms with E-state index in [9.17, 15) is 9.18 Å². The molecule has 3 nitrogen and oxygen atoms in total. The van der Waals surface area contributed by atoms with Gasteiger partial charge in [-0.1, -0.05) is 12.8 Å². The van der Waals surface area contributed by atoms with Crippen molar-refractivity contribution in [3.05, 3.63) is 28.0 Å². The average molecular weight is 316 g/mol. The van der Waals surface area contributed by atoms with Crippen LogP contribution in [-0.4, -0.2) is 19.1 Å². The number of methoxy groups -OCH3 is 1. The number of nitrogens with one attached hydrogen (secondary N) is 1. The summed E-state index contributed by atoms with van der Waals surface area (Å²) in [7, 11) is 1.38. The lowest BCUT2D eigenvalue weighted by molar-refractivity contribution is 0.0936.